The van der Waals surface area contributed by atoms with Crippen molar-refractivity contribution in [2.75, 3.05) is 14.2 Å². The molecule has 0 saturated carbocycles. The number of hydrogen-bond donors (Lipinski definition) is 1. The van der Waals surface area contributed by atoms with Crippen molar-refractivity contribution >= 4 is 33.2 Å². The number of aryl methyl sites for hydroxylation is 1. The van der Waals surface area contributed by atoms with Crippen LogP contribution in [0.1, 0.15) is 22.9 Å². The smallest absolute Gasteiger partial charge is 0.417 e. The number of methoxy groups -OCH3 is 2. The Morgan fingerprint density at radius 2 is 1.79 bits per heavy atom. The number of nitrogens with zero attached hydrogens (tertiary/aromatic N) is 1. The van der Waals surface area contributed by atoms with E-state index < -0.39 is 37.9 Å². The summed E-state index contributed by atoms with van der Waals surface area (Å²) in [5.41, 5.74) is 0.627. The minimum Gasteiger partial charge on any atom is -0.496 e. The lowest BCUT2D eigenvalue weighted by Crippen LogP contribution is -2.30. The van der Waals surface area contributed by atoms with Crippen molar-refractivity contribution in [3.8, 4) is 17.0 Å². The summed E-state index contributed by atoms with van der Waals surface area (Å²) in [4.78, 5) is 3.71. The molecule has 34 heavy (non-hydrogen) atoms. The Morgan fingerprint density at radius 1 is 1.09 bits per heavy atom. The Bertz CT molecular complexity index is 1320. The van der Waals surface area contributed by atoms with Crippen molar-refractivity contribution in [1.82, 2.24) is 9.71 Å². The molecule has 0 bridgehead atoms. The molecule has 12 heteroatoms. The number of hydrogen-bond acceptors (Lipinski definition) is 5. The van der Waals surface area contributed by atoms with Crippen LogP contribution in [-0.2, 0) is 20.9 Å². The number of nitrogens with one attached hydrogen (secondary N) is 1. The molecule has 0 spiro atoms. The summed E-state index contributed by atoms with van der Waals surface area (Å²) in [6, 6.07) is 9.05. The van der Waals surface area contributed by atoms with Gasteiger partial charge in [-0.05, 0) is 42.8 Å². The molecule has 182 valence electrons. The van der Waals surface area contributed by atoms with Gasteiger partial charge in [-0.2, -0.15) is 17.9 Å². The summed E-state index contributed by atoms with van der Waals surface area (Å²) >= 11 is 11.7. The van der Waals surface area contributed by atoms with E-state index in [1.165, 1.54) is 26.5 Å². The molecule has 1 heterocycles. The standard InChI is InChI=1S/C22H19Cl2F3N2O4S/c1-12-5-4-6-18(32-2)19(12)20-15(9-13(23)11-28-20)21(33-3)29-34(30,31)14-7-8-17(24)16(10-14)22(25,26)27/h4-11,21,29H,1-3H3. The SMILES string of the molecule is COc1cccc(C)c1-c1ncc(Cl)cc1C(NS(=O)(=O)c1ccc(Cl)c(C(F)(F)F)c1)OC. The van der Waals surface area contributed by atoms with Gasteiger partial charge in [0.05, 0.1) is 33.3 Å². The second-order valence-corrected chi connectivity index (χ2v) is 9.68. The van der Waals surface area contributed by atoms with Gasteiger partial charge in [0, 0.05) is 24.4 Å². The molecule has 6 nitrogen and oxygen atoms in total. The van der Waals surface area contributed by atoms with Crippen LogP contribution in [0.5, 0.6) is 5.75 Å². The topological polar surface area (TPSA) is 77.5 Å². The first-order valence-electron chi connectivity index (χ1n) is 9.60. The minimum absolute atomic E-state index is 0.193. The van der Waals surface area contributed by atoms with E-state index in [2.05, 4.69) is 9.71 Å². The van der Waals surface area contributed by atoms with Crippen molar-refractivity contribution in [1.29, 1.82) is 0 Å². The van der Waals surface area contributed by atoms with E-state index in [1.54, 1.807) is 12.1 Å². The predicted molar refractivity (Wildman–Crippen MR) is 122 cm³/mol. The number of aromatic nitrogens is 1. The van der Waals surface area contributed by atoms with E-state index in [0.29, 0.717) is 23.1 Å². The molecule has 0 fully saturated rings. The quantitative estimate of drug-likeness (QED) is 0.375. The highest BCUT2D eigenvalue weighted by atomic mass is 35.5. The molecule has 0 radical (unpaired) electrons. The van der Waals surface area contributed by atoms with Crippen LogP contribution in [0.3, 0.4) is 0 Å². The van der Waals surface area contributed by atoms with Gasteiger partial charge in [0.2, 0.25) is 10.0 Å². The highest BCUT2D eigenvalue weighted by Crippen LogP contribution is 2.38. The fourth-order valence-electron chi connectivity index (χ4n) is 3.31. The number of rotatable bonds is 7. The molecule has 1 aromatic heterocycles. The average Bonchev–Trinajstić information content (AvgIpc) is 2.77. The van der Waals surface area contributed by atoms with Gasteiger partial charge < -0.3 is 9.47 Å². The first-order chi connectivity index (χ1) is 15.9. The molecule has 0 saturated heterocycles. The van der Waals surface area contributed by atoms with Crippen LogP contribution in [0, 0.1) is 6.92 Å². The highest BCUT2D eigenvalue weighted by Gasteiger charge is 2.35. The molecule has 2 aromatic carbocycles. The van der Waals surface area contributed by atoms with Crippen LogP contribution in [0.25, 0.3) is 11.3 Å². The number of benzene rings is 2. The van der Waals surface area contributed by atoms with E-state index in [1.807, 2.05) is 13.0 Å². The maximum atomic E-state index is 13.2. The van der Waals surface area contributed by atoms with Gasteiger partial charge >= 0.3 is 6.18 Å². The molecule has 0 aliphatic carbocycles. The van der Waals surface area contributed by atoms with Crippen LogP contribution in [-0.4, -0.2) is 27.6 Å². The summed E-state index contributed by atoms with van der Waals surface area (Å²) in [6.07, 6.45) is -4.81. The number of sulfonamides is 1. The lowest BCUT2D eigenvalue weighted by atomic mass is 9.99. The van der Waals surface area contributed by atoms with Gasteiger partial charge in [-0.25, -0.2) is 8.42 Å². The second kappa shape index (κ2) is 10.1. The zero-order chi connectivity index (χ0) is 25.3. The van der Waals surface area contributed by atoms with Gasteiger partial charge in [-0.1, -0.05) is 35.3 Å². The Labute approximate surface area is 204 Å². The zero-order valence-corrected chi connectivity index (χ0v) is 20.4. The predicted octanol–water partition coefficient (Wildman–Crippen LogP) is 6.01. The normalized spacial score (nSPS) is 13.1. The maximum absolute atomic E-state index is 13.2. The first-order valence-corrected chi connectivity index (χ1v) is 11.8. The fraction of sp³-hybridized carbons (Fsp3) is 0.227. The molecule has 0 aliphatic heterocycles. The van der Waals surface area contributed by atoms with Crippen LogP contribution < -0.4 is 9.46 Å². The molecular formula is C22H19Cl2F3N2O4S. The van der Waals surface area contributed by atoms with Gasteiger partial charge in [0.15, 0.2) is 0 Å². The summed E-state index contributed by atoms with van der Waals surface area (Å²) < 4.78 is 78.8. The lowest BCUT2D eigenvalue weighted by molar-refractivity contribution is -0.137. The molecule has 0 amide bonds. The number of pyridine rings is 1. The molecule has 0 aliphatic rings. The molecule has 1 unspecified atom stereocenters. The van der Waals surface area contributed by atoms with E-state index in [4.69, 9.17) is 32.7 Å². The van der Waals surface area contributed by atoms with Gasteiger partial charge in [0.25, 0.3) is 0 Å². The third-order valence-electron chi connectivity index (χ3n) is 4.91. The Morgan fingerprint density at radius 3 is 2.41 bits per heavy atom. The van der Waals surface area contributed by atoms with Crippen molar-refractivity contribution in [3.63, 3.8) is 0 Å². The third kappa shape index (κ3) is 5.47. The van der Waals surface area contributed by atoms with Gasteiger partial charge in [-0.3, -0.25) is 4.98 Å². The van der Waals surface area contributed by atoms with Crippen LogP contribution in [0.4, 0.5) is 13.2 Å². The Kier molecular flexibility index (Phi) is 7.79. The molecule has 3 aromatic rings. The second-order valence-electron chi connectivity index (χ2n) is 7.12. The van der Waals surface area contributed by atoms with Crippen LogP contribution in [0.2, 0.25) is 10.0 Å². The van der Waals surface area contributed by atoms with Crippen molar-refractivity contribution in [3.05, 3.63) is 75.4 Å². The molecule has 3 rings (SSSR count). The molecular weight excluding hydrogens is 516 g/mol. The maximum Gasteiger partial charge on any atom is 0.417 e. The van der Waals surface area contributed by atoms with Crippen molar-refractivity contribution in [2.45, 2.75) is 24.2 Å². The first kappa shape index (κ1) is 26.2. The molecule has 1 N–H and O–H groups in total. The average molecular weight is 535 g/mol. The van der Waals surface area contributed by atoms with Crippen molar-refractivity contribution < 1.29 is 31.1 Å². The van der Waals surface area contributed by atoms with E-state index in [9.17, 15) is 21.6 Å². The fourth-order valence-corrected chi connectivity index (χ4v) is 4.87. The van der Waals surface area contributed by atoms with Gasteiger partial charge in [-0.15, -0.1) is 0 Å². The van der Waals surface area contributed by atoms with Crippen LogP contribution in [0.15, 0.2) is 53.6 Å². The Hall–Kier alpha value is -2.37. The third-order valence-corrected chi connectivity index (χ3v) is 6.84. The number of alkyl halides is 3. The van der Waals surface area contributed by atoms with E-state index in [0.717, 1.165) is 17.7 Å². The van der Waals surface area contributed by atoms with Crippen LogP contribution >= 0.6 is 23.2 Å². The van der Waals surface area contributed by atoms with Crippen molar-refractivity contribution in [2.24, 2.45) is 0 Å². The summed E-state index contributed by atoms with van der Waals surface area (Å²) in [5, 5.41) is -0.430. The highest BCUT2D eigenvalue weighted by molar-refractivity contribution is 7.89. The molecule has 1 atom stereocenters. The van der Waals surface area contributed by atoms with E-state index in [-0.39, 0.29) is 10.6 Å². The van der Waals surface area contributed by atoms with E-state index >= 15 is 0 Å². The summed E-state index contributed by atoms with van der Waals surface area (Å²) in [7, 11) is -1.79. The summed E-state index contributed by atoms with van der Waals surface area (Å²) in [6.45, 7) is 1.82. The monoisotopic (exact) mass is 534 g/mol. The van der Waals surface area contributed by atoms with Gasteiger partial charge in [0.1, 0.15) is 12.0 Å². The largest absolute Gasteiger partial charge is 0.496 e. The number of halogens is 5. The zero-order valence-electron chi connectivity index (χ0n) is 18.1. The number of ether oxygens (including phenoxy) is 2. The Balaban J connectivity index is 2.11. The summed E-state index contributed by atoms with van der Waals surface area (Å²) in [5.74, 6) is 0.473. The minimum atomic E-state index is -4.84. The lowest BCUT2D eigenvalue weighted by Gasteiger charge is -2.22.